The fourth-order valence-electron chi connectivity index (χ4n) is 1.89. The van der Waals surface area contributed by atoms with Gasteiger partial charge in [0.05, 0.1) is 11.5 Å². The Labute approximate surface area is 128 Å². The van der Waals surface area contributed by atoms with E-state index in [1.807, 2.05) is 19.1 Å². The molecule has 4 nitrogen and oxygen atoms in total. The van der Waals surface area contributed by atoms with Gasteiger partial charge in [-0.3, -0.25) is 0 Å². The van der Waals surface area contributed by atoms with Crippen molar-refractivity contribution in [2.24, 2.45) is 0 Å². The molecular weight excluding hydrogens is 312 g/mol. The van der Waals surface area contributed by atoms with Crippen molar-refractivity contribution in [2.45, 2.75) is 18.7 Å². The quantitative estimate of drug-likeness (QED) is 0.776. The summed E-state index contributed by atoms with van der Waals surface area (Å²) in [4.78, 5) is 0.0829. The fraction of sp³-hybridized carbons (Fsp3) is 0.200. The molecule has 112 valence electrons. The normalized spacial score (nSPS) is 11.2. The van der Waals surface area contributed by atoms with Gasteiger partial charge in [0.15, 0.2) is 0 Å². The summed E-state index contributed by atoms with van der Waals surface area (Å²) in [5.41, 5.74) is 0.531. The smallest absolute Gasteiger partial charge is 0.261 e. The lowest BCUT2D eigenvalue weighted by molar-refractivity contribution is 0.338. The minimum Gasteiger partial charge on any atom is -0.494 e. The van der Waals surface area contributed by atoms with Crippen LogP contribution in [0.3, 0.4) is 0 Å². The fourth-order valence-corrected chi connectivity index (χ4v) is 3.08. The number of halogens is 1. The van der Waals surface area contributed by atoms with Gasteiger partial charge in [0.2, 0.25) is 0 Å². The Kier molecular flexibility index (Phi) is 4.75. The lowest BCUT2D eigenvalue weighted by Crippen LogP contribution is -1.95. The molecule has 0 saturated carbocycles. The van der Waals surface area contributed by atoms with Crippen molar-refractivity contribution >= 4 is 19.7 Å². The molecule has 0 radical (unpaired) electrons. The van der Waals surface area contributed by atoms with Gasteiger partial charge in [0.1, 0.15) is 17.2 Å². The molecule has 0 heterocycles. The maximum Gasteiger partial charge on any atom is 0.261 e. The number of aryl methyl sites for hydroxylation is 1. The zero-order valence-electron chi connectivity index (χ0n) is 11.7. The summed E-state index contributed by atoms with van der Waals surface area (Å²) < 4.78 is 33.8. The van der Waals surface area contributed by atoms with Crippen molar-refractivity contribution in [3.8, 4) is 17.2 Å². The molecule has 2 rings (SSSR count). The van der Waals surface area contributed by atoms with Crippen molar-refractivity contribution < 1.29 is 17.9 Å². The molecule has 21 heavy (non-hydrogen) atoms. The molecule has 0 bridgehead atoms. The van der Waals surface area contributed by atoms with E-state index in [-0.39, 0.29) is 4.90 Å². The van der Waals surface area contributed by atoms with Gasteiger partial charge in [-0.05, 0) is 49.7 Å². The summed E-state index contributed by atoms with van der Waals surface area (Å²) in [5, 5.41) is 0. The van der Waals surface area contributed by atoms with E-state index in [2.05, 4.69) is 0 Å². The molecule has 0 aromatic heterocycles. The third-order valence-corrected chi connectivity index (χ3v) is 4.24. The van der Waals surface area contributed by atoms with Crippen LogP contribution in [0.4, 0.5) is 0 Å². The second-order valence-corrected chi connectivity index (χ2v) is 6.91. The summed E-state index contributed by atoms with van der Waals surface area (Å²) >= 11 is 0. The highest BCUT2D eigenvalue weighted by molar-refractivity contribution is 8.13. The number of benzene rings is 2. The highest BCUT2D eigenvalue weighted by atomic mass is 35.7. The van der Waals surface area contributed by atoms with Crippen LogP contribution in [0.2, 0.25) is 0 Å². The maximum atomic E-state index is 11.3. The van der Waals surface area contributed by atoms with Gasteiger partial charge in [0.25, 0.3) is 9.05 Å². The first-order valence-corrected chi connectivity index (χ1v) is 8.67. The highest BCUT2D eigenvalue weighted by Gasteiger charge is 2.14. The van der Waals surface area contributed by atoms with Crippen LogP contribution in [0.5, 0.6) is 17.2 Å². The Morgan fingerprint density at radius 2 is 1.71 bits per heavy atom. The molecule has 0 N–H and O–H groups in total. The SMILES string of the molecule is CCOc1cccc(Oc2ccc(S(=O)(=O)Cl)c(C)c2)c1. The predicted molar refractivity (Wildman–Crippen MR) is 81.9 cm³/mol. The van der Waals surface area contributed by atoms with Crippen molar-refractivity contribution in [3.05, 3.63) is 48.0 Å². The van der Waals surface area contributed by atoms with Gasteiger partial charge in [-0.15, -0.1) is 0 Å². The molecule has 6 heteroatoms. The monoisotopic (exact) mass is 326 g/mol. The van der Waals surface area contributed by atoms with E-state index in [1.165, 1.54) is 6.07 Å². The molecule has 0 aliphatic carbocycles. The van der Waals surface area contributed by atoms with Crippen molar-refractivity contribution in [3.63, 3.8) is 0 Å². The molecule has 0 fully saturated rings. The minimum atomic E-state index is -3.74. The summed E-state index contributed by atoms with van der Waals surface area (Å²) in [5.74, 6) is 1.86. The summed E-state index contributed by atoms with van der Waals surface area (Å²) in [7, 11) is 1.61. The topological polar surface area (TPSA) is 52.6 Å². The molecule has 0 unspecified atom stereocenters. The van der Waals surface area contributed by atoms with Crippen LogP contribution in [0.1, 0.15) is 12.5 Å². The molecular formula is C15H15ClO4S. The summed E-state index contributed by atoms with van der Waals surface area (Å²) in [6.45, 7) is 4.14. The van der Waals surface area contributed by atoms with Crippen LogP contribution in [-0.2, 0) is 9.05 Å². The van der Waals surface area contributed by atoms with E-state index in [0.717, 1.165) is 0 Å². The van der Waals surface area contributed by atoms with Crippen LogP contribution >= 0.6 is 10.7 Å². The number of hydrogen-bond donors (Lipinski definition) is 0. The van der Waals surface area contributed by atoms with Gasteiger partial charge in [0, 0.05) is 16.7 Å². The van der Waals surface area contributed by atoms with Crippen LogP contribution in [0.15, 0.2) is 47.4 Å². The summed E-state index contributed by atoms with van der Waals surface area (Å²) in [6, 6.07) is 11.8. The Morgan fingerprint density at radius 1 is 1.05 bits per heavy atom. The van der Waals surface area contributed by atoms with Gasteiger partial charge in [-0.1, -0.05) is 6.07 Å². The maximum absolute atomic E-state index is 11.3. The van der Waals surface area contributed by atoms with Crippen molar-refractivity contribution in [1.29, 1.82) is 0 Å². The number of rotatable bonds is 5. The van der Waals surface area contributed by atoms with Crippen LogP contribution in [0.25, 0.3) is 0 Å². The second kappa shape index (κ2) is 6.37. The predicted octanol–water partition coefficient (Wildman–Crippen LogP) is 4.11. The van der Waals surface area contributed by atoms with Gasteiger partial charge in [-0.2, -0.15) is 0 Å². The third kappa shape index (κ3) is 4.12. The molecule has 0 spiro atoms. The first-order chi connectivity index (χ1) is 9.90. The number of hydrogen-bond acceptors (Lipinski definition) is 4. The van der Waals surface area contributed by atoms with E-state index in [4.69, 9.17) is 20.2 Å². The molecule has 2 aromatic rings. The van der Waals surface area contributed by atoms with Crippen molar-refractivity contribution in [1.82, 2.24) is 0 Å². The molecule has 0 amide bonds. The average molecular weight is 327 g/mol. The lowest BCUT2D eigenvalue weighted by Gasteiger charge is -2.10. The van der Waals surface area contributed by atoms with Crippen molar-refractivity contribution in [2.75, 3.05) is 6.61 Å². The zero-order valence-corrected chi connectivity index (χ0v) is 13.2. The average Bonchev–Trinajstić information content (AvgIpc) is 2.38. The van der Waals surface area contributed by atoms with E-state index in [9.17, 15) is 8.42 Å². The Balaban J connectivity index is 2.24. The standard InChI is InChI=1S/C15H15ClO4S/c1-3-19-12-5-4-6-13(10-12)20-14-7-8-15(11(2)9-14)21(16,17)18/h4-10H,3H2,1-2H3. The summed E-state index contributed by atoms with van der Waals surface area (Å²) in [6.07, 6.45) is 0. The first-order valence-electron chi connectivity index (χ1n) is 6.36. The Bertz CT molecular complexity index is 741. The highest BCUT2D eigenvalue weighted by Crippen LogP contribution is 2.29. The second-order valence-electron chi connectivity index (χ2n) is 4.38. The largest absolute Gasteiger partial charge is 0.494 e. The molecule has 0 saturated heterocycles. The number of ether oxygens (including phenoxy) is 2. The lowest BCUT2D eigenvalue weighted by atomic mass is 10.2. The molecule has 0 atom stereocenters. The van der Waals surface area contributed by atoms with E-state index >= 15 is 0 Å². The van der Waals surface area contributed by atoms with Crippen LogP contribution in [0, 0.1) is 6.92 Å². The Morgan fingerprint density at radius 3 is 2.33 bits per heavy atom. The zero-order chi connectivity index (χ0) is 15.5. The van der Waals surface area contributed by atoms with Gasteiger partial charge < -0.3 is 9.47 Å². The third-order valence-electron chi connectivity index (χ3n) is 2.76. The first kappa shape index (κ1) is 15.7. The van der Waals surface area contributed by atoms with E-state index < -0.39 is 9.05 Å². The Hall–Kier alpha value is -1.72. The van der Waals surface area contributed by atoms with Gasteiger partial charge in [-0.25, -0.2) is 8.42 Å². The van der Waals surface area contributed by atoms with Crippen LogP contribution in [-0.4, -0.2) is 15.0 Å². The molecule has 0 aliphatic rings. The van der Waals surface area contributed by atoms with Crippen LogP contribution < -0.4 is 9.47 Å². The molecule has 0 aliphatic heterocycles. The van der Waals surface area contributed by atoms with Gasteiger partial charge >= 0.3 is 0 Å². The molecule has 2 aromatic carbocycles. The minimum absolute atomic E-state index is 0.0829. The van der Waals surface area contributed by atoms with E-state index in [0.29, 0.717) is 29.4 Å². The van der Waals surface area contributed by atoms with E-state index in [1.54, 1.807) is 31.2 Å².